The monoisotopic (exact) mass is 366 g/mol. The number of hydrogen-bond donors (Lipinski definition) is 1. The molecule has 1 N–H and O–H groups in total. The van der Waals surface area contributed by atoms with Gasteiger partial charge in [-0.2, -0.15) is 0 Å². The van der Waals surface area contributed by atoms with Crippen molar-refractivity contribution < 1.29 is 24.1 Å². The van der Waals surface area contributed by atoms with E-state index in [1.54, 1.807) is 7.11 Å². The van der Waals surface area contributed by atoms with Gasteiger partial charge in [0.05, 0.1) is 7.11 Å². The Kier molecular flexibility index (Phi) is 6.15. The van der Waals surface area contributed by atoms with Gasteiger partial charge >= 0.3 is 5.97 Å². The molecule has 27 heavy (non-hydrogen) atoms. The molecule has 0 aliphatic heterocycles. The van der Waals surface area contributed by atoms with Gasteiger partial charge < -0.3 is 19.3 Å². The van der Waals surface area contributed by atoms with Crippen LogP contribution in [0.5, 0.6) is 17.2 Å². The first-order chi connectivity index (χ1) is 13.2. The van der Waals surface area contributed by atoms with E-state index in [-0.39, 0.29) is 6.42 Å². The summed E-state index contributed by atoms with van der Waals surface area (Å²) in [6.45, 7) is 0.696. The first-order valence-electron chi connectivity index (χ1n) is 8.80. The van der Waals surface area contributed by atoms with Crippen LogP contribution in [-0.2, 0) is 11.2 Å². The molecule has 0 radical (unpaired) electrons. The van der Waals surface area contributed by atoms with E-state index in [0.717, 1.165) is 16.3 Å². The highest BCUT2D eigenvalue weighted by Gasteiger charge is 2.11. The fraction of sp³-hybridized carbons (Fsp3) is 0.227. The zero-order valence-corrected chi connectivity index (χ0v) is 15.2. The van der Waals surface area contributed by atoms with Crippen molar-refractivity contribution in [1.29, 1.82) is 0 Å². The Labute approximate surface area is 158 Å². The van der Waals surface area contributed by atoms with Crippen molar-refractivity contribution in [3.8, 4) is 17.2 Å². The molecule has 0 saturated carbocycles. The normalized spacial score (nSPS) is 10.6. The minimum atomic E-state index is -0.826. The second-order valence-corrected chi connectivity index (χ2v) is 6.00. The number of aliphatic carboxylic acids is 1. The molecule has 0 fully saturated rings. The highest BCUT2D eigenvalue weighted by molar-refractivity contribution is 5.88. The number of methoxy groups -OCH3 is 1. The lowest BCUT2D eigenvalue weighted by atomic mass is 10.00. The number of para-hydroxylation sites is 2. The molecule has 0 bridgehead atoms. The smallest absolute Gasteiger partial charge is 0.303 e. The van der Waals surface area contributed by atoms with Crippen molar-refractivity contribution >= 4 is 16.7 Å². The van der Waals surface area contributed by atoms with E-state index in [2.05, 4.69) is 0 Å². The fourth-order valence-electron chi connectivity index (χ4n) is 2.98. The minimum Gasteiger partial charge on any atom is -0.493 e. The molecule has 3 aromatic rings. The number of carboxylic acid groups (broad SMARTS) is 1. The molecule has 5 heteroatoms. The largest absolute Gasteiger partial charge is 0.493 e. The molecule has 5 nitrogen and oxygen atoms in total. The third-order valence-corrected chi connectivity index (χ3v) is 4.25. The number of carboxylic acids is 1. The summed E-state index contributed by atoms with van der Waals surface area (Å²) in [5, 5.41) is 11.1. The van der Waals surface area contributed by atoms with Crippen LogP contribution < -0.4 is 14.2 Å². The van der Waals surface area contributed by atoms with Crippen LogP contribution in [0.1, 0.15) is 12.0 Å². The van der Waals surface area contributed by atoms with E-state index >= 15 is 0 Å². The summed E-state index contributed by atoms with van der Waals surface area (Å²) in [7, 11) is 1.60. The van der Waals surface area contributed by atoms with Crippen LogP contribution in [0.25, 0.3) is 10.8 Å². The summed E-state index contributed by atoms with van der Waals surface area (Å²) in [6.07, 6.45) is 0.474. The third-order valence-electron chi connectivity index (χ3n) is 4.25. The predicted molar refractivity (Wildman–Crippen MR) is 104 cm³/mol. The van der Waals surface area contributed by atoms with Crippen LogP contribution >= 0.6 is 0 Å². The van der Waals surface area contributed by atoms with Crippen LogP contribution in [0.4, 0.5) is 0 Å². The second kappa shape index (κ2) is 8.94. The quantitative estimate of drug-likeness (QED) is 0.571. The third kappa shape index (κ3) is 4.70. The Morgan fingerprint density at radius 2 is 1.52 bits per heavy atom. The van der Waals surface area contributed by atoms with E-state index in [1.165, 1.54) is 0 Å². The summed E-state index contributed by atoms with van der Waals surface area (Å²) < 4.78 is 16.9. The molecule has 0 aromatic heterocycles. The maximum absolute atomic E-state index is 11.0. The van der Waals surface area contributed by atoms with Crippen molar-refractivity contribution in [1.82, 2.24) is 0 Å². The summed E-state index contributed by atoms with van der Waals surface area (Å²) in [5.74, 6) is 1.20. The molecule has 0 saturated heterocycles. The molecule has 0 unspecified atom stereocenters. The maximum atomic E-state index is 11.0. The number of benzene rings is 3. The topological polar surface area (TPSA) is 65.0 Å². The molecule has 0 aliphatic carbocycles. The van der Waals surface area contributed by atoms with Gasteiger partial charge in [0.2, 0.25) is 0 Å². The average Bonchev–Trinajstić information content (AvgIpc) is 2.70. The fourth-order valence-corrected chi connectivity index (χ4v) is 2.98. The minimum absolute atomic E-state index is 0.0576. The molecule has 3 aromatic carbocycles. The number of aryl methyl sites for hydroxylation is 1. The van der Waals surface area contributed by atoms with Gasteiger partial charge in [0.15, 0.2) is 11.5 Å². The van der Waals surface area contributed by atoms with Crippen LogP contribution in [-0.4, -0.2) is 31.4 Å². The lowest BCUT2D eigenvalue weighted by molar-refractivity contribution is -0.136. The lowest BCUT2D eigenvalue weighted by Crippen LogP contribution is -2.11. The van der Waals surface area contributed by atoms with E-state index in [0.29, 0.717) is 36.9 Å². The Morgan fingerprint density at radius 1 is 0.852 bits per heavy atom. The van der Waals surface area contributed by atoms with Crippen molar-refractivity contribution in [3.63, 3.8) is 0 Å². The maximum Gasteiger partial charge on any atom is 0.303 e. The molecule has 0 heterocycles. The number of fused-ring (bicyclic) bond motifs is 1. The molecule has 0 atom stereocenters. The molecule has 0 spiro atoms. The molecular formula is C22H22O5. The van der Waals surface area contributed by atoms with Gasteiger partial charge in [0.25, 0.3) is 0 Å². The van der Waals surface area contributed by atoms with Gasteiger partial charge in [-0.3, -0.25) is 4.79 Å². The molecule has 140 valence electrons. The number of carbonyl (C=O) groups is 1. The highest BCUT2D eigenvalue weighted by atomic mass is 16.5. The van der Waals surface area contributed by atoms with Crippen LogP contribution in [0, 0.1) is 0 Å². The van der Waals surface area contributed by atoms with Crippen molar-refractivity contribution in [2.75, 3.05) is 20.3 Å². The van der Waals surface area contributed by atoms with Crippen molar-refractivity contribution in [2.24, 2.45) is 0 Å². The van der Waals surface area contributed by atoms with Gasteiger partial charge in [-0.1, -0.05) is 42.5 Å². The SMILES string of the molecule is COc1ccccc1OCCOc1ccc2ccccc2c1CCC(=O)O. The molecule has 0 amide bonds. The predicted octanol–water partition coefficient (Wildman–Crippen LogP) is 4.32. The molecular weight excluding hydrogens is 344 g/mol. The first-order valence-corrected chi connectivity index (χ1v) is 8.80. The Balaban J connectivity index is 1.70. The number of ether oxygens (including phenoxy) is 3. The summed E-state index contributed by atoms with van der Waals surface area (Å²) in [6, 6.07) is 19.2. The Bertz CT molecular complexity index is 919. The van der Waals surface area contributed by atoms with Crippen molar-refractivity contribution in [3.05, 3.63) is 66.2 Å². The highest BCUT2D eigenvalue weighted by Crippen LogP contribution is 2.30. The zero-order valence-electron chi connectivity index (χ0n) is 15.2. The van der Waals surface area contributed by atoms with E-state index in [4.69, 9.17) is 19.3 Å². The number of hydrogen-bond acceptors (Lipinski definition) is 4. The van der Waals surface area contributed by atoms with Crippen LogP contribution in [0.3, 0.4) is 0 Å². The summed E-state index contributed by atoms with van der Waals surface area (Å²) >= 11 is 0. The average molecular weight is 366 g/mol. The Hall–Kier alpha value is -3.21. The summed E-state index contributed by atoms with van der Waals surface area (Å²) in [5.41, 5.74) is 0.910. The second-order valence-electron chi connectivity index (χ2n) is 6.00. The van der Waals surface area contributed by atoms with Gasteiger partial charge in [-0.05, 0) is 35.4 Å². The van der Waals surface area contributed by atoms with E-state index < -0.39 is 5.97 Å². The van der Waals surface area contributed by atoms with Crippen molar-refractivity contribution in [2.45, 2.75) is 12.8 Å². The molecule has 0 aliphatic rings. The van der Waals surface area contributed by atoms with Crippen LogP contribution in [0.15, 0.2) is 60.7 Å². The van der Waals surface area contributed by atoms with Gasteiger partial charge in [-0.15, -0.1) is 0 Å². The standard InChI is InChI=1S/C22H22O5/c1-25-20-8-4-5-9-21(20)27-15-14-26-19-12-10-16-6-2-3-7-17(16)18(19)11-13-22(23)24/h2-10,12H,11,13-15H2,1H3,(H,23,24). The Morgan fingerprint density at radius 3 is 2.26 bits per heavy atom. The lowest BCUT2D eigenvalue weighted by Gasteiger charge is -2.15. The number of rotatable bonds is 9. The molecule has 3 rings (SSSR count). The van der Waals surface area contributed by atoms with Crippen LogP contribution in [0.2, 0.25) is 0 Å². The summed E-state index contributed by atoms with van der Waals surface area (Å²) in [4.78, 5) is 11.0. The van der Waals surface area contributed by atoms with E-state index in [1.807, 2.05) is 60.7 Å². The van der Waals surface area contributed by atoms with Gasteiger partial charge in [0, 0.05) is 12.0 Å². The van der Waals surface area contributed by atoms with Gasteiger partial charge in [0.1, 0.15) is 19.0 Å². The zero-order chi connectivity index (χ0) is 19.1. The van der Waals surface area contributed by atoms with E-state index in [9.17, 15) is 4.79 Å². The first kappa shape index (κ1) is 18.6. The van der Waals surface area contributed by atoms with Gasteiger partial charge in [-0.25, -0.2) is 0 Å².